The van der Waals surface area contributed by atoms with Crippen LogP contribution in [0.15, 0.2) is 67.6 Å². The smallest absolute Gasteiger partial charge is 0.371 e. The van der Waals surface area contributed by atoms with E-state index in [1.165, 1.54) is 23.9 Å². The molecule has 11 heteroatoms. The number of carboxylic acid groups (broad SMARTS) is 1. The van der Waals surface area contributed by atoms with Gasteiger partial charge in [-0.1, -0.05) is 23.4 Å². The van der Waals surface area contributed by atoms with Gasteiger partial charge in [-0.25, -0.2) is 13.2 Å². The zero-order chi connectivity index (χ0) is 21.2. The molecule has 0 saturated carbocycles. The average molecular weight is 474 g/mol. The van der Waals surface area contributed by atoms with Crippen molar-refractivity contribution in [1.82, 2.24) is 0 Å². The fourth-order valence-electron chi connectivity index (χ4n) is 2.27. The largest absolute Gasteiger partial charge is 0.497 e. The lowest BCUT2D eigenvalue weighted by Gasteiger charge is -2.10. The normalized spacial score (nSPS) is 11.3. The minimum absolute atomic E-state index is 0.184. The minimum Gasteiger partial charge on any atom is -0.497 e. The van der Waals surface area contributed by atoms with Crippen molar-refractivity contribution in [2.45, 2.75) is 14.7 Å². The molecule has 1 heterocycles. The molecule has 3 aromatic rings. The van der Waals surface area contributed by atoms with E-state index in [0.29, 0.717) is 9.92 Å². The summed E-state index contributed by atoms with van der Waals surface area (Å²) in [5.74, 6) is -1.29. The average Bonchev–Trinajstić information content (AvgIpc) is 3.07. The van der Waals surface area contributed by atoms with Gasteiger partial charge in [0, 0.05) is 15.9 Å². The number of nitrogens with one attached hydrogen (secondary N) is 1. The van der Waals surface area contributed by atoms with Crippen LogP contribution >= 0.6 is 35.0 Å². The fourth-order valence-corrected chi connectivity index (χ4v) is 4.89. The molecule has 0 bridgehead atoms. The summed E-state index contributed by atoms with van der Waals surface area (Å²) in [6.07, 6.45) is 0. The molecule has 0 aliphatic carbocycles. The van der Waals surface area contributed by atoms with Crippen LogP contribution in [-0.4, -0.2) is 26.6 Å². The van der Waals surface area contributed by atoms with Crippen molar-refractivity contribution in [3.63, 3.8) is 0 Å². The zero-order valence-electron chi connectivity index (χ0n) is 14.7. The molecule has 0 spiro atoms. The van der Waals surface area contributed by atoms with Crippen LogP contribution in [0, 0.1) is 0 Å². The van der Waals surface area contributed by atoms with Gasteiger partial charge in [0.2, 0.25) is 11.0 Å². The van der Waals surface area contributed by atoms with E-state index in [2.05, 4.69) is 4.72 Å². The quantitative estimate of drug-likeness (QED) is 0.482. The first-order valence-electron chi connectivity index (χ1n) is 7.86. The number of carbonyl (C=O) groups is 1. The van der Waals surface area contributed by atoms with Gasteiger partial charge in [0.1, 0.15) is 10.6 Å². The lowest BCUT2D eigenvalue weighted by Crippen LogP contribution is -2.12. The van der Waals surface area contributed by atoms with E-state index in [-0.39, 0.29) is 5.69 Å². The summed E-state index contributed by atoms with van der Waals surface area (Å²) in [6.45, 7) is 0. The summed E-state index contributed by atoms with van der Waals surface area (Å²) in [6, 6.07) is 12.8. The van der Waals surface area contributed by atoms with Gasteiger partial charge in [-0.05, 0) is 54.1 Å². The van der Waals surface area contributed by atoms with Crippen LogP contribution < -0.4 is 9.46 Å². The number of benzene rings is 2. The third kappa shape index (κ3) is 4.99. The summed E-state index contributed by atoms with van der Waals surface area (Å²) in [5.41, 5.74) is 0.184. The Labute approximate surface area is 180 Å². The number of methoxy groups -OCH3 is 1. The van der Waals surface area contributed by atoms with Gasteiger partial charge in [0.25, 0.3) is 10.0 Å². The first-order chi connectivity index (χ1) is 13.7. The van der Waals surface area contributed by atoms with Crippen molar-refractivity contribution >= 4 is 56.6 Å². The number of carboxylic acids is 1. The second-order valence-corrected chi connectivity index (χ2v) is 9.10. The first kappa shape index (κ1) is 21.4. The Bertz CT molecular complexity index is 1160. The predicted molar refractivity (Wildman–Crippen MR) is 110 cm³/mol. The van der Waals surface area contributed by atoms with Gasteiger partial charge in [-0.15, -0.1) is 0 Å². The lowest BCUT2D eigenvalue weighted by atomic mass is 10.3. The second kappa shape index (κ2) is 8.58. The number of hydrogen-bond donors (Lipinski definition) is 2. The standard InChI is InChI=1S/C18H13Cl2NO6S2/c1-26-11-3-5-12(6-4-11)28-15-7-2-10(8-13(15)19)21-29(24,25)16-9-14(18(22)23)27-17(16)20/h2-9,21H,1H3,(H,22,23). The van der Waals surface area contributed by atoms with E-state index in [4.69, 9.17) is 37.5 Å². The topological polar surface area (TPSA) is 106 Å². The molecule has 0 saturated heterocycles. The Morgan fingerprint density at radius 2 is 1.83 bits per heavy atom. The maximum atomic E-state index is 12.5. The molecule has 0 amide bonds. The molecule has 2 aromatic carbocycles. The molecule has 2 N–H and O–H groups in total. The van der Waals surface area contributed by atoms with Crippen LogP contribution in [-0.2, 0) is 10.0 Å². The van der Waals surface area contributed by atoms with Gasteiger partial charge < -0.3 is 14.3 Å². The van der Waals surface area contributed by atoms with E-state index >= 15 is 0 Å². The number of aromatic carboxylic acids is 1. The molecule has 29 heavy (non-hydrogen) atoms. The number of halogens is 2. The molecular formula is C18H13Cl2NO6S2. The number of rotatable bonds is 7. The van der Waals surface area contributed by atoms with Crippen molar-refractivity contribution in [2.75, 3.05) is 11.8 Å². The molecule has 0 unspecified atom stereocenters. The molecule has 1 aromatic heterocycles. The van der Waals surface area contributed by atoms with Crippen LogP contribution in [0.25, 0.3) is 0 Å². The maximum absolute atomic E-state index is 12.5. The van der Waals surface area contributed by atoms with Gasteiger partial charge in [0.05, 0.1) is 17.8 Å². The highest BCUT2D eigenvalue weighted by Crippen LogP contribution is 2.36. The Morgan fingerprint density at radius 3 is 2.38 bits per heavy atom. The maximum Gasteiger partial charge on any atom is 0.371 e. The molecule has 0 aliphatic rings. The van der Waals surface area contributed by atoms with Gasteiger partial charge >= 0.3 is 5.97 Å². The highest BCUT2D eigenvalue weighted by atomic mass is 35.5. The molecular weight excluding hydrogens is 461 g/mol. The van der Waals surface area contributed by atoms with Crippen molar-refractivity contribution in [3.8, 4) is 5.75 Å². The monoisotopic (exact) mass is 473 g/mol. The Balaban J connectivity index is 1.79. The highest BCUT2D eigenvalue weighted by Gasteiger charge is 2.25. The van der Waals surface area contributed by atoms with Gasteiger partial charge in [-0.3, -0.25) is 4.72 Å². The summed E-state index contributed by atoms with van der Waals surface area (Å²) in [7, 11) is -2.59. The highest BCUT2D eigenvalue weighted by molar-refractivity contribution is 7.99. The summed E-state index contributed by atoms with van der Waals surface area (Å²) >= 11 is 13.4. The Morgan fingerprint density at radius 1 is 1.14 bits per heavy atom. The molecule has 0 radical (unpaired) electrons. The van der Waals surface area contributed by atoms with Crippen molar-refractivity contribution in [3.05, 3.63) is 64.5 Å². The van der Waals surface area contributed by atoms with E-state index in [1.54, 1.807) is 13.2 Å². The van der Waals surface area contributed by atoms with E-state index in [9.17, 15) is 13.2 Å². The van der Waals surface area contributed by atoms with E-state index in [0.717, 1.165) is 16.7 Å². The van der Waals surface area contributed by atoms with E-state index in [1.807, 2.05) is 24.3 Å². The van der Waals surface area contributed by atoms with Crippen molar-refractivity contribution < 1.29 is 27.5 Å². The number of ether oxygens (including phenoxy) is 1. The molecule has 7 nitrogen and oxygen atoms in total. The molecule has 0 atom stereocenters. The third-order valence-corrected chi connectivity index (χ3v) is 6.92. The first-order valence-corrected chi connectivity index (χ1v) is 10.9. The SMILES string of the molecule is COc1ccc(Sc2ccc(NS(=O)(=O)c3cc(C(=O)O)oc3Cl)cc2Cl)cc1. The van der Waals surface area contributed by atoms with Crippen LogP contribution in [0.1, 0.15) is 10.6 Å². The lowest BCUT2D eigenvalue weighted by molar-refractivity contribution is 0.0662. The Kier molecular flexibility index (Phi) is 6.33. The van der Waals surface area contributed by atoms with Crippen molar-refractivity contribution in [2.24, 2.45) is 0 Å². The molecule has 0 aliphatic heterocycles. The van der Waals surface area contributed by atoms with Crippen LogP contribution in [0.4, 0.5) is 5.69 Å². The van der Waals surface area contributed by atoms with Gasteiger partial charge in [-0.2, -0.15) is 0 Å². The molecule has 0 fully saturated rings. The predicted octanol–water partition coefficient (Wildman–Crippen LogP) is 5.25. The van der Waals surface area contributed by atoms with E-state index < -0.39 is 31.9 Å². The summed E-state index contributed by atoms with van der Waals surface area (Å²) in [4.78, 5) is 12.1. The number of anilines is 1. The number of hydrogen-bond acceptors (Lipinski definition) is 6. The molecule has 3 rings (SSSR count). The van der Waals surface area contributed by atoms with Crippen LogP contribution in [0.2, 0.25) is 10.2 Å². The fraction of sp³-hybridized carbons (Fsp3) is 0.0556. The number of furan rings is 1. The van der Waals surface area contributed by atoms with Crippen LogP contribution in [0.3, 0.4) is 0 Å². The van der Waals surface area contributed by atoms with Gasteiger partial charge in [0.15, 0.2) is 0 Å². The third-order valence-electron chi connectivity index (χ3n) is 3.63. The Hall–Kier alpha value is -2.33. The zero-order valence-corrected chi connectivity index (χ0v) is 17.8. The van der Waals surface area contributed by atoms with Crippen LogP contribution in [0.5, 0.6) is 5.75 Å². The second-order valence-electron chi connectivity index (χ2n) is 5.58. The number of sulfonamides is 1. The molecule has 152 valence electrons. The minimum atomic E-state index is -4.17. The summed E-state index contributed by atoms with van der Waals surface area (Å²) < 4.78 is 37.1. The van der Waals surface area contributed by atoms with Crippen molar-refractivity contribution in [1.29, 1.82) is 0 Å². The summed E-state index contributed by atoms with van der Waals surface area (Å²) in [5, 5.41) is 8.68.